The summed E-state index contributed by atoms with van der Waals surface area (Å²) < 4.78 is 11.0. The Kier molecular flexibility index (Phi) is 7.48. The Morgan fingerprint density at radius 3 is 2.38 bits per heavy atom. The first-order valence-corrected chi connectivity index (χ1v) is 10.4. The van der Waals surface area contributed by atoms with Crippen LogP contribution in [0.5, 0.6) is 0 Å². The third kappa shape index (κ3) is 5.69. The summed E-state index contributed by atoms with van der Waals surface area (Å²) in [5.41, 5.74) is 1.32. The Balaban J connectivity index is 1.49. The lowest BCUT2D eigenvalue weighted by Crippen LogP contribution is -2.55. The van der Waals surface area contributed by atoms with Crippen molar-refractivity contribution in [2.24, 2.45) is 11.8 Å². The van der Waals surface area contributed by atoms with E-state index >= 15 is 0 Å². The van der Waals surface area contributed by atoms with Crippen LogP contribution >= 0.6 is 0 Å². The Hall–Kier alpha value is -2.14. The van der Waals surface area contributed by atoms with Gasteiger partial charge in [-0.2, -0.15) is 5.26 Å². The van der Waals surface area contributed by atoms with Crippen LogP contribution in [-0.4, -0.2) is 75.0 Å². The molecule has 1 aromatic rings. The lowest BCUT2D eigenvalue weighted by atomic mass is 9.84. The molecule has 0 aliphatic carbocycles. The number of carbonyl (C=O) groups excluding carboxylic acids is 1. The van der Waals surface area contributed by atoms with Gasteiger partial charge in [-0.25, -0.2) is 4.79 Å². The zero-order chi connectivity index (χ0) is 20.8. The van der Waals surface area contributed by atoms with Gasteiger partial charge in [-0.15, -0.1) is 0 Å². The van der Waals surface area contributed by atoms with Gasteiger partial charge in [-0.1, -0.05) is 0 Å². The fourth-order valence-electron chi connectivity index (χ4n) is 4.57. The largest absolute Gasteiger partial charge is 0.379 e. The molecule has 3 rings (SSSR count). The summed E-state index contributed by atoms with van der Waals surface area (Å²) in [6, 6.07) is 9.02. The summed E-state index contributed by atoms with van der Waals surface area (Å²) in [4.78, 5) is 17.2. The van der Waals surface area contributed by atoms with E-state index in [0.717, 1.165) is 44.8 Å². The number of fused-ring (bicyclic) bond motifs is 2. The highest BCUT2D eigenvalue weighted by Gasteiger charge is 2.36. The first-order chi connectivity index (χ1) is 14.0. The van der Waals surface area contributed by atoms with Crippen molar-refractivity contribution in [2.75, 3.05) is 52.3 Å². The van der Waals surface area contributed by atoms with Gasteiger partial charge in [-0.3, -0.25) is 0 Å². The number of nitriles is 1. The van der Waals surface area contributed by atoms with Crippen molar-refractivity contribution in [3.8, 4) is 6.07 Å². The fourth-order valence-corrected chi connectivity index (χ4v) is 4.57. The predicted octanol–water partition coefficient (Wildman–Crippen LogP) is 2.78. The minimum Gasteiger partial charge on any atom is -0.379 e. The average molecular weight is 401 g/mol. The molecular weight excluding hydrogens is 368 g/mol. The zero-order valence-corrected chi connectivity index (χ0v) is 17.6. The first kappa shape index (κ1) is 21.6. The van der Waals surface area contributed by atoms with Gasteiger partial charge in [0.15, 0.2) is 0 Å². The summed E-state index contributed by atoms with van der Waals surface area (Å²) in [6.45, 7) is 6.67. The van der Waals surface area contributed by atoms with Crippen LogP contribution in [0, 0.1) is 23.2 Å². The molecule has 1 N–H and O–H groups in total. The van der Waals surface area contributed by atoms with Gasteiger partial charge in [0.1, 0.15) is 0 Å². The van der Waals surface area contributed by atoms with Gasteiger partial charge in [-0.05, 0) is 55.9 Å². The standard InChI is InChI=1S/C22H32N4O3/c1-16(28-2)21(29-3)8-9-25-12-18-10-19(13-25)15-26(14-18)22(27)24-20-6-4-17(11-23)5-7-20/h4-7,16,18-19,21H,8-10,12-15H2,1-3H3,(H,24,27). The maximum atomic E-state index is 12.7. The lowest BCUT2D eigenvalue weighted by molar-refractivity contribution is -0.0383. The molecule has 7 heteroatoms. The first-order valence-electron chi connectivity index (χ1n) is 10.4. The third-order valence-electron chi connectivity index (χ3n) is 6.14. The van der Waals surface area contributed by atoms with E-state index in [0.29, 0.717) is 17.4 Å². The number of hydrogen-bond acceptors (Lipinski definition) is 5. The van der Waals surface area contributed by atoms with Crippen LogP contribution in [0.1, 0.15) is 25.3 Å². The Bertz CT molecular complexity index is 704. The van der Waals surface area contributed by atoms with Gasteiger partial charge in [0.2, 0.25) is 0 Å². The minimum atomic E-state index is -0.0498. The third-order valence-corrected chi connectivity index (χ3v) is 6.14. The maximum absolute atomic E-state index is 12.7. The number of methoxy groups -OCH3 is 2. The van der Waals surface area contributed by atoms with Gasteiger partial charge in [0.25, 0.3) is 0 Å². The Labute approximate surface area is 173 Å². The van der Waals surface area contributed by atoms with E-state index in [4.69, 9.17) is 14.7 Å². The number of rotatable bonds is 7. The molecule has 158 valence electrons. The van der Waals surface area contributed by atoms with Crippen LogP contribution in [0.2, 0.25) is 0 Å². The van der Waals surface area contributed by atoms with Crippen LogP contribution in [-0.2, 0) is 9.47 Å². The fraction of sp³-hybridized carbons (Fsp3) is 0.636. The molecule has 2 aliphatic rings. The molecule has 2 amide bonds. The van der Waals surface area contributed by atoms with Crippen molar-refractivity contribution in [2.45, 2.75) is 32.0 Å². The van der Waals surface area contributed by atoms with Crippen molar-refractivity contribution in [3.05, 3.63) is 29.8 Å². The summed E-state index contributed by atoms with van der Waals surface area (Å²) in [7, 11) is 3.47. The lowest BCUT2D eigenvalue weighted by Gasteiger charge is -2.46. The van der Waals surface area contributed by atoms with E-state index in [-0.39, 0.29) is 18.2 Å². The highest BCUT2D eigenvalue weighted by molar-refractivity contribution is 5.89. The van der Waals surface area contributed by atoms with Gasteiger partial charge in [0.05, 0.1) is 23.8 Å². The molecule has 4 unspecified atom stereocenters. The van der Waals surface area contributed by atoms with E-state index in [1.165, 1.54) is 6.42 Å². The van der Waals surface area contributed by atoms with Crippen LogP contribution in [0.15, 0.2) is 24.3 Å². The van der Waals surface area contributed by atoms with Crippen molar-refractivity contribution in [1.29, 1.82) is 5.26 Å². The van der Waals surface area contributed by atoms with E-state index < -0.39 is 0 Å². The number of anilines is 1. The van der Waals surface area contributed by atoms with Crippen molar-refractivity contribution in [3.63, 3.8) is 0 Å². The number of carbonyl (C=O) groups is 1. The molecule has 2 saturated heterocycles. The Morgan fingerprint density at radius 2 is 1.83 bits per heavy atom. The second-order valence-corrected chi connectivity index (χ2v) is 8.26. The van der Waals surface area contributed by atoms with Crippen LogP contribution in [0.4, 0.5) is 10.5 Å². The molecule has 2 aliphatic heterocycles. The van der Waals surface area contributed by atoms with Crippen molar-refractivity contribution in [1.82, 2.24) is 9.80 Å². The number of urea groups is 1. The normalized spacial score (nSPS) is 23.9. The van der Waals surface area contributed by atoms with E-state index in [9.17, 15) is 4.79 Å². The van der Waals surface area contributed by atoms with E-state index in [2.05, 4.69) is 16.3 Å². The number of piperidine rings is 2. The summed E-state index contributed by atoms with van der Waals surface area (Å²) in [5, 5.41) is 11.9. The number of ether oxygens (including phenoxy) is 2. The molecule has 0 aromatic heterocycles. The quantitative estimate of drug-likeness (QED) is 0.761. The molecule has 4 atom stereocenters. The number of hydrogen-bond donors (Lipinski definition) is 1. The maximum Gasteiger partial charge on any atom is 0.321 e. The number of benzene rings is 1. The van der Waals surface area contributed by atoms with E-state index in [1.807, 2.05) is 11.8 Å². The molecule has 2 heterocycles. The smallest absolute Gasteiger partial charge is 0.321 e. The van der Waals surface area contributed by atoms with Gasteiger partial charge >= 0.3 is 6.03 Å². The Morgan fingerprint density at radius 1 is 1.17 bits per heavy atom. The molecule has 7 nitrogen and oxygen atoms in total. The number of nitrogens with one attached hydrogen (secondary N) is 1. The topological polar surface area (TPSA) is 77.8 Å². The number of amides is 2. The van der Waals surface area contributed by atoms with E-state index in [1.54, 1.807) is 38.5 Å². The summed E-state index contributed by atoms with van der Waals surface area (Å²) in [6.07, 6.45) is 2.34. The molecule has 0 saturated carbocycles. The molecule has 1 aromatic carbocycles. The second-order valence-electron chi connectivity index (χ2n) is 8.26. The van der Waals surface area contributed by atoms with Gasteiger partial charge < -0.3 is 24.6 Å². The molecule has 0 spiro atoms. The van der Waals surface area contributed by atoms with Crippen molar-refractivity contribution < 1.29 is 14.3 Å². The van der Waals surface area contributed by atoms with Crippen LogP contribution in [0.3, 0.4) is 0 Å². The summed E-state index contributed by atoms with van der Waals surface area (Å²) >= 11 is 0. The van der Waals surface area contributed by atoms with Crippen molar-refractivity contribution >= 4 is 11.7 Å². The zero-order valence-electron chi connectivity index (χ0n) is 17.6. The highest BCUT2D eigenvalue weighted by Crippen LogP contribution is 2.29. The molecular formula is C22H32N4O3. The number of likely N-dealkylation sites (tertiary alicyclic amines) is 2. The monoisotopic (exact) mass is 400 g/mol. The average Bonchev–Trinajstić information content (AvgIpc) is 2.73. The number of nitrogens with zero attached hydrogens (tertiary/aromatic N) is 3. The molecule has 2 fully saturated rings. The minimum absolute atomic E-state index is 0.0498. The molecule has 2 bridgehead atoms. The van der Waals surface area contributed by atoms with Gasteiger partial charge in [0, 0.05) is 52.6 Å². The molecule has 29 heavy (non-hydrogen) atoms. The molecule has 0 radical (unpaired) electrons. The highest BCUT2D eigenvalue weighted by atomic mass is 16.5. The summed E-state index contributed by atoms with van der Waals surface area (Å²) in [5.74, 6) is 1.02. The SMILES string of the molecule is COC(C)C(CCN1CC2CC(C1)CN(C(=O)Nc1ccc(C#N)cc1)C2)OC. The predicted molar refractivity (Wildman–Crippen MR) is 112 cm³/mol. The van der Waals surface area contributed by atoms with Crippen LogP contribution in [0.25, 0.3) is 0 Å². The van der Waals surface area contributed by atoms with Crippen LogP contribution < -0.4 is 5.32 Å². The second kappa shape index (κ2) is 10.1.